The van der Waals surface area contributed by atoms with Crippen molar-refractivity contribution in [1.29, 1.82) is 0 Å². The second-order valence-electron chi connectivity index (χ2n) is 3.80. The van der Waals surface area contributed by atoms with Gasteiger partial charge in [0, 0.05) is 16.9 Å². The molecule has 5 nitrogen and oxygen atoms in total. The van der Waals surface area contributed by atoms with Crippen molar-refractivity contribution in [1.82, 2.24) is 8.96 Å². The van der Waals surface area contributed by atoms with E-state index in [9.17, 15) is 8.42 Å². The van der Waals surface area contributed by atoms with Crippen LogP contribution in [0.25, 0.3) is 0 Å². The summed E-state index contributed by atoms with van der Waals surface area (Å²) < 4.78 is 32.4. The van der Waals surface area contributed by atoms with Crippen LogP contribution in [-0.2, 0) is 10.0 Å². The maximum atomic E-state index is 12.6. The second kappa shape index (κ2) is 5.34. The van der Waals surface area contributed by atoms with Crippen molar-refractivity contribution in [2.75, 3.05) is 6.61 Å². The number of benzene rings is 1. The zero-order chi connectivity index (χ0) is 14.0. The van der Waals surface area contributed by atoms with Gasteiger partial charge in [0.15, 0.2) is 0 Å². The number of aromatic nitrogens is 2. The van der Waals surface area contributed by atoms with Crippen LogP contribution in [0.4, 0.5) is 0 Å². The first-order chi connectivity index (χ1) is 8.96. The molecule has 1 heterocycles. The number of ether oxygens (including phenoxy) is 1. The van der Waals surface area contributed by atoms with Crippen LogP contribution in [0.2, 0.25) is 0 Å². The van der Waals surface area contributed by atoms with E-state index in [2.05, 4.69) is 20.9 Å². The van der Waals surface area contributed by atoms with Crippen molar-refractivity contribution in [3.05, 3.63) is 40.9 Å². The fourth-order valence-electron chi connectivity index (χ4n) is 1.68. The van der Waals surface area contributed by atoms with Crippen molar-refractivity contribution >= 4 is 26.0 Å². The molecule has 2 rings (SSSR count). The van der Waals surface area contributed by atoms with E-state index in [0.29, 0.717) is 22.7 Å². The molecule has 0 atom stereocenters. The summed E-state index contributed by atoms with van der Waals surface area (Å²) in [6.45, 7) is 3.84. The average molecular weight is 345 g/mol. The van der Waals surface area contributed by atoms with Gasteiger partial charge < -0.3 is 4.74 Å². The highest BCUT2D eigenvalue weighted by Gasteiger charge is 2.23. The van der Waals surface area contributed by atoms with Gasteiger partial charge in [0.2, 0.25) is 0 Å². The third-order valence-corrected chi connectivity index (χ3v) is 4.80. The van der Waals surface area contributed by atoms with E-state index < -0.39 is 10.0 Å². The molecule has 7 heteroatoms. The fraction of sp³-hybridized carbons (Fsp3) is 0.250. The first-order valence-electron chi connectivity index (χ1n) is 5.64. The van der Waals surface area contributed by atoms with Crippen LogP contribution in [0, 0.1) is 6.92 Å². The van der Waals surface area contributed by atoms with E-state index in [1.807, 2.05) is 0 Å². The molecule has 102 valence electrons. The van der Waals surface area contributed by atoms with Crippen molar-refractivity contribution < 1.29 is 13.2 Å². The Morgan fingerprint density at radius 2 is 2.16 bits per heavy atom. The zero-order valence-electron chi connectivity index (χ0n) is 10.5. The van der Waals surface area contributed by atoms with Gasteiger partial charge in [-0.15, -0.1) is 0 Å². The monoisotopic (exact) mass is 344 g/mol. The topological polar surface area (TPSA) is 61.2 Å². The molecule has 0 saturated carbocycles. The molecule has 0 unspecified atom stereocenters. The molecule has 1 aromatic heterocycles. The molecule has 0 fully saturated rings. The zero-order valence-corrected chi connectivity index (χ0v) is 12.9. The molecule has 0 spiro atoms. The molecule has 1 aromatic carbocycles. The summed E-state index contributed by atoms with van der Waals surface area (Å²) in [7, 11) is -3.70. The second-order valence-corrected chi connectivity index (χ2v) is 6.50. The van der Waals surface area contributed by atoms with Crippen molar-refractivity contribution in [3.63, 3.8) is 0 Å². The lowest BCUT2D eigenvalue weighted by molar-refractivity contribution is 0.331. The van der Waals surface area contributed by atoms with Gasteiger partial charge in [0.05, 0.1) is 6.61 Å². The van der Waals surface area contributed by atoms with Crippen LogP contribution in [0.5, 0.6) is 5.75 Å². The van der Waals surface area contributed by atoms with Crippen LogP contribution in [0.3, 0.4) is 0 Å². The molecule has 0 aliphatic rings. The predicted molar refractivity (Wildman–Crippen MR) is 74.9 cm³/mol. The molecular formula is C12H13BrN2O3S. The van der Waals surface area contributed by atoms with Gasteiger partial charge in [-0.05, 0) is 32.0 Å². The van der Waals surface area contributed by atoms with Crippen molar-refractivity contribution in [2.24, 2.45) is 0 Å². The normalized spacial score (nSPS) is 11.5. The number of halogens is 1. The molecule has 0 aliphatic carbocycles. The number of nitrogens with zero attached hydrogens (tertiary/aromatic N) is 2. The average Bonchev–Trinajstić information content (AvgIpc) is 2.78. The first-order valence-corrected chi connectivity index (χ1v) is 7.88. The molecule has 19 heavy (non-hydrogen) atoms. The number of imidazole rings is 1. The Hall–Kier alpha value is -1.34. The van der Waals surface area contributed by atoms with Gasteiger partial charge in [-0.1, -0.05) is 15.9 Å². The van der Waals surface area contributed by atoms with E-state index in [4.69, 9.17) is 4.74 Å². The summed E-state index contributed by atoms with van der Waals surface area (Å²) in [6, 6.07) is 4.90. The molecule has 0 bridgehead atoms. The Kier molecular flexibility index (Phi) is 3.96. The first kappa shape index (κ1) is 14.1. The highest BCUT2D eigenvalue weighted by atomic mass is 79.9. The largest absolute Gasteiger partial charge is 0.492 e. The Labute approximate surface area is 120 Å². The number of rotatable bonds is 4. The van der Waals surface area contributed by atoms with Gasteiger partial charge in [-0.2, -0.15) is 0 Å². The summed E-state index contributed by atoms with van der Waals surface area (Å²) in [5.74, 6) is 0.737. The maximum Gasteiger partial charge on any atom is 0.272 e. The van der Waals surface area contributed by atoms with Gasteiger partial charge in [0.1, 0.15) is 16.5 Å². The smallest absolute Gasteiger partial charge is 0.272 e. The third kappa shape index (κ3) is 2.66. The highest BCUT2D eigenvalue weighted by Crippen LogP contribution is 2.29. The summed E-state index contributed by atoms with van der Waals surface area (Å²) in [4.78, 5) is 4.05. The van der Waals surface area contributed by atoms with E-state index >= 15 is 0 Å². The van der Waals surface area contributed by atoms with Crippen molar-refractivity contribution in [2.45, 2.75) is 18.7 Å². The van der Waals surface area contributed by atoms with Crippen LogP contribution < -0.4 is 4.74 Å². The standard InChI is InChI=1S/C12H13BrN2O3S/c1-3-18-11-5-4-10(13)8-12(11)19(16,17)15-7-6-14-9(15)2/h4-8H,3H2,1-2H3. The van der Waals surface area contributed by atoms with Crippen LogP contribution in [0.1, 0.15) is 12.7 Å². The van der Waals surface area contributed by atoms with E-state index in [-0.39, 0.29) is 4.90 Å². The molecule has 2 aromatic rings. The number of hydrogen-bond donors (Lipinski definition) is 0. The summed E-state index contributed by atoms with van der Waals surface area (Å²) in [5, 5.41) is 0. The van der Waals surface area contributed by atoms with Crippen LogP contribution in [-0.4, -0.2) is 24.0 Å². The van der Waals surface area contributed by atoms with E-state index in [1.54, 1.807) is 26.0 Å². The molecule has 0 N–H and O–H groups in total. The molecule has 0 saturated heterocycles. The highest BCUT2D eigenvalue weighted by molar-refractivity contribution is 9.10. The van der Waals surface area contributed by atoms with Crippen LogP contribution in [0.15, 0.2) is 40.0 Å². The predicted octanol–water partition coefficient (Wildman–Crippen LogP) is 2.59. The molecule has 0 radical (unpaired) electrons. The Balaban J connectivity index is 2.64. The van der Waals surface area contributed by atoms with Gasteiger partial charge in [-0.3, -0.25) is 0 Å². The van der Waals surface area contributed by atoms with E-state index in [1.165, 1.54) is 18.5 Å². The lowest BCUT2D eigenvalue weighted by Gasteiger charge is -2.12. The van der Waals surface area contributed by atoms with Crippen molar-refractivity contribution in [3.8, 4) is 5.75 Å². The third-order valence-electron chi connectivity index (χ3n) is 2.52. The minimum atomic E-state index is -3.70. The fourth-order valence-corrected chi connectivity index (χ4v) is 3.68. The lowest BCUT2D eigenvalue weighted by Crippen LogP contribution is -2.15. The molecular weight excluding hydrogens is 332 g/mol. The van der Waals surface area contributed by atoms with E-state index in [0.717, 1.165) is 3.97 Å². The maximum absolute atomic E-state index is 12.6. The minimum absolute atomic E-state index is 0.116. The van der Waals surface area contributed by atoms with Gasteiger partial charge in [-0.25, -0.2) is 17.4 Å². The summed E-state index contributed by atoms with van der Waals surface area (Å²) >= 11 is 3.28. The quantitative estimate of drug-likeness (QED) is 0.855. The van der Waals surface area contributed by atoms with Crippen LogP contribution >= 0.6 is 15.9 Å². The molecule has 0 aliphatic heterocycles. The summed E-state index contributed by atoms with van der Waals surface area (Å²) in [5.41, 5.74) is 0. The minimum Gasteiger partial charge on any atom is -0.492 e. The Bertz CT molecular complexity index is 695. The number of hydrogen-bond acceptors (Lipinski definition) is 4. The Morgan fingerprint density at radius 3 is 2.74 bits per heavy atom. The van der Waals surface area contributed by atoms with Gasteiger partial charge in [0.25, 0.3) is 10.0 Å². The molecule has 0 amide bonds. The lowest BCUT2D eigenvalue weighted by atomic mass is 10.3. The Morgan fingerprint density at radius 1 is 1.42 bits per heavy atom. The summed E-state index contributed by atoms with van der Waals surface area (Å²) in [6.07, 6.45) is 2.87. The SMILES string of the molecule is CCOc1ccc(Br)cc1S(=O)(=O)n1ccnc1C. The van der Waals surface area contributed by atoms with Gasteiger partial charge >= 0.3 is 0 Å². The number of aryl methyl sites for hydroxylation is 1.